The van der Waals surface area contributed by atoms with Gasteiger partial charge in [0.2, 0.25) is 6.23 Å². The Balaban J connectivity index is 0.00000507. The summed E-state index contributed by atoms with van der Waals surface area (Å²) in [5.41, 5.74) is 5.84. The van der Waals surface area contributed by atoms with Crippen LogP contribution in [0, 0.1) is 0 Å². The van der Waals surface area contributed by atoms with Gasteiger partial charge in [0.05, 0.1) is 48.6 Å². The van der Waals surface area contributed by atoms with Crippen molar-refractivity contribution in [2.75, 3.05) is 38.2 Å². The zero-order chi connectivity index (χ0) is 27.7. The van der Waals surface area contributed by atoms with Gasteiger partial charge in [-0.05, 0) is 13.0 Å². The number of likely N-dealkylation sites (tertiary alicyclic amines) is 1. The summed E-state index contributed by atoms with van der Waals surface area (Å²) in [4.78, 5) is 24.6. The molecular formula is C23H36ClN3O10S. The fraction of sp³-hybridized carbons (Fsp3) is 0.652. The molecule has 0 radical (unpaired) electrons. The topological polar surface area (TPSA) is 206 Å². The number of methoxy groups -OCH3 is 1. The Hall–Kier alpha value is -2.20. The molecule has 2 heterocycles. The number of ether oxygens (including phenoxy) is 2. The van der Waals surface area contributed by atoms with Crippen molar-refractivity contribution in [3.05, 3.63) is 17.7 Å². The number of nitrogen functional groups attached to an aromatic ring is 1. The van der Waals surface area contributed by atoms with E-state index in [2.05, 4.69) is 5.32 Å². The Morgan fingerprint density at radius 2 is 1.84 bits per heavy atom. The number of halogens is 1. The fourth-order valence-electron chi connectivity index (χ4n) is 5.42. The van der Waals surface area contributed by atoms with Gasteiger partial charge in [0.1, 0.15) is 24.0 Å². The van der Waals surface area contributed by atoms with Gasteiger partial charge in [-0.2, -0.15) is 0 Å². The van der Waals surface area contributed by atoms with Crippen LogP contribution in [0.5, 0.6) is 5.75 Å². The molecule has 2 fully saturated rings. The molecule has 7 atom stereocenters. The lowest BCUT2D eigenvalue weighted by atomic mass is 9.95. The first-order valence-corrected chi connectivity index (χ1v) is 13.8. The molecule has 2 aliphatic heterocycles. The molecule has 3 rings (SSSR count). The van der Waals surface area contributed by atoms with Gasteiger partial charge in [-0.3, -0.25) is 9.28 Å². The number of nitrogens with one attached hydrogen (secondary N) is 1. The molecule has 13 nitrogen and oxygen atoms in total. The van der Waals surface area contributed by atoms with Crippen LogP contribution < -0.4 is 28.2 Å². The summed E-state index contributed by atoms with van der Waals surface area (Å²) >= 11 is 0. The average Bonchev–Trinajstić information content (AvgIpc) is 3.28. The van der Waals surface area contributed by atoms with Crippen LogP contribution in [0.25, 0.3) is 0 Å². The number of hydrogen-bond acceptors (Lipinski definition) is 10. The number of aliphatic hydroxyl groups excluding tert-OH is 3. The molecule has 0 bridgehead atoms. The van der Waals surface area contributed by atoms with E-state index in [9.17, 15) is 38.4 Å². The van der Waals surface area contributed by atoms with Crippen LogP contribution in [0.2, 0.25) is 0 Å². The van der Waals surface area contributed by atoms with Crippen molar-refractivity contribution in [1.29, 1.82) is 0 Å². The second-order valence-electron chi connectivity index (χ2n) is 9.40. The van der Waals surface area contributed by atoms with E-state index in [1.807, 2.05) is 6.92 Å². The highest BCUT2D eigenvalue weighted by Gasteiger charge is 2.58. The number of nitrogens with zero attached hydrogens (tertiary/aromatic N) is 1. The minimum atomic E-state index is -3.71. The molecular weight excluding hydrogens is 546 g/mol. The molecule has 7 N–H and O–H groups in total. The van der Waals surface area contributed by atoms with E-state index in [0.29, 0.717) is 25.9 Å². The highest BCUT2D eigenvalue weighted by Crippen LogP contribution is 2.37. The van der Waals surface area contributed by atoms with E-state index in [1.54, 1.807) is 0 Å². The number of aliphatic hydroxyl groups is 3. The van der Waals surface area contributed by atoms with Crippen molar-refractivity contribution < 1.29 is 64.8 Å². The van der Waals surface area contributed by atoms with Crippen molar-refractivity contribution in [2.24, 2.45) is 0 Å². The molecule has 0 saturated carbocycles. The van der Waals surface area contributed by atoms with Gasteiger partial charge in [-0.15, -0.1) is 0 Å². The second kappa shape index (κ2) is 12.3. The number of carbonyl (C=O) groups excluding carboxylic acids is 1. The molecule has 2 saturated heterocycles. The van der Waals surface area contributed by atoms with E-state index >= 15 is 0 Å². The zero-order valence-electron chi connectivity index (χ0n) is 21.4. The number of nitrogens with two attached hydrogens (primary N) is 1. The fourth-order valence-corrected chi connectivity index (χ4v) is 6.45. The number of benzene rings is 1. The van der Waals surface area contributed by atoms with E-state index in [4.69, 9.17) is 15.2 Å². The number of amides is 1. The van der Waals surface area contributed by atoms with Gasteiger partial charge < -0.3 is 53.4 Å². The predicted octanol–water partition coefficient (Wildman–Crippen LogP) is -4.30. The molecule has 38 heavy (non-hydrogen) atoms. The van der Waals surface area contributed by atoms with Crippen LogP contribution in [-0.2, 0) is 19.4 Å². The van der Waals surface area contributed by atoms with E-state index in [0.717, 1.165) is 0 Å². The number of carboxylic acid groups (broad SMARTS) is 1. The Morgan fingerprint density at radius 3 is 2.39 bits per heavy atom. The molecule has 216 valence electrons. The van der Waals surface area contributed by atoms with Crippen molar-refractivity contribution in [2.45, 2.75) is 68.3 Å². The predicted molar refractivity (Wildman–Crippen MR) is 130 cm³/mol. The van der Waals surface area contributed by atoms with E-state index < -0.39 is 52.4 Å². The number of carbonyl (C=O) groups is 2. The van der Waals surface area contributed by atoms with Crippen LogP contribution in [0.15, 0.2) is 17.0 Å². The zero-order valence-corrected chi connectivity index (χ0v) is 23.0. The van der Waals surface area contributed by atoms with Gasteiger partial charge in [-0.1, -0.05) is 6.92 Å². The summed E-state index contributed by atoms with van der Waals surface area (Å²) in [5, 5.41) is 43.4. The average molecular weight is 582 g/mol. The van der Waals surface area contributed by atoms with Crippen molar-refractivity contribution in [3.8, 4) is 5.75 Å². The molecule has 0 aliphatic carbocycles. The van der Waals surface area contributed by atoms with Crippen molar-refractivity contribution in [3.63, 3.8) is 0 Å². The third-order valence-electron chi connectivity index (χ3n) is 7.56. The molecule has 2 aliphatic rings. The Kier molecular flexibility index (Phi) is 10.4. The van der Waals surface area contributed by atoms with Crippen molar-refractivity contribution in [1.82, 2.24) is 5.32 Å². The molecule has 0 aromatic heterocycles. The van der Waals surface area contributed by atoms with Crippen LogP contribution in [0.3, 0.4) is 0 Å². The maximum Gasteiger partial charge on any atom is 0.335 e. The van der Waals surface area contributed by atoms with Gasteiger partial charge >= 0.3 is 5.97 Å². The number of hydrogen-bond donors (Lipinski definition) is 6. The summed E-state index contributed by atoms with van der Waals surface area (Å²) < 4.78 is 35.9. The quantitative estimate of drug-likeness (QED) is 0.121. The highest BCUT2D eigenvalue weighted by molar-refractivity contribution is 7.91. The van der Waals surface area contributed by atoms with Crippen LogP contribution in [-0.4, -0.2) is 114 Å². The van der Waals surface area contributed by atoms with E-state index in [1.165, 1.54) is 26.2 Å². The number of anilines is 1. The first kappa shape index (κ1) is 32.0. The lowest BCUT2D eigenvalue weighted by molar-refractivity contribution is -0.985. The Bertz CT molecular complexity index is 1140. The summed E-state index contributed by atoms with van der Waals surface area (Å²) in [6, 6.07) is 2.14. The summed E-state index contributed by atoms with van der Waals surface area (Å²) in [6.45, 7) is 4.25. The molecule has 0 spiro atoms. The van der Waals surface area contributed by atoms with Crippen LogP contribution >= 0.6 is 0 Å². The smallest absolute Gasteiger partial charge is 0.335 e. The van der Waals surface area contributed by atoms with Gasteiger partial charge in [0, 0.05) is 18.9 Å². The molecule has 1 aromatic rings. The number of carboxylic acids is 1. The highest BCUT2D eigenvalue weighted by atomic mass is 35.5. The summed E-state index contributed by atoms with van der Waals surface area (Å²) in [5.74, 6) is -2.17. The number of likely N-dealkylation sites (N-methyl/N-ethyl adjacent to an activating group) is 1. The lowest BCUT2D eigenvalue weighted by Gasteiger charge is -2.50. The largest absolute Gasteiger partial charge is 1.00 e. The second-order valence-corrected chi connectivity index (χ2v) is 11.6. The van der Waals surface area contributed by atoms with Gasteiger partial charge in [-0.25, -0.2) is 13.2 Å². The number of rotatable bonds is 9. The summed E-state index contributed by atoms with van der Waals surface area (Å²) in [6.07, 6.45) is -6.67. The molecule has 1 aromatic carbocycles. The maximum atomic E-state index is 13.2. The van der Waals surface area contributed by atoms with Crippen LogP contribution in [0.1, 0.15) is 37.0 Å². The van der Waals surface area contributed by atoms with Crippen molar-refractivity contribution >= 4 is 27.4 Å². The normalized spacial score (nSPS) is 31.3. The number of sulfone groups is 1. The lowest BCUT2D eigenvalue weighted by Crippen LogP contribution is -3.00. The third kappa shape index (κ3) is 5.71. The third-order valence-corrected chi connectivity index (χ3v) is 9.34. The standard InChI is InChI=1S/C23H35N3O10S.ClH/c1-4-26(22-19(29)17(27)18(28)20(36-22)23(31)32)8-6-7-12(26)11-25-21(30)13-9-16(37(33,34)5-2)14(24)10-15(13)35-3;/h9-10,12,17-20,22,27-29H,4-8,11H2,1-3H3,(H3-,24,25,30,31,32);1H. The minimum Gasteiger partial charge on any atom is -1.00 e. The van der Waals surface area contributed by atoms with Gasteiger partial charge in [0.15, 0.2) is 22.0 Å². The SMILES string of the molecule is CC[N+]1(C2OC(C(=O)O)C(O)C(O)C2O)CCCC1CNC(=O)c1cc(S(=O)(=O)CC)c(N)cc1OC.[Cl-]. The number of aliphatic carboxylic acids is 1. The van der Waals surface area contributed by atoms with Crippen LogP contribution in [0.4, 0.5) is 5.69 Å². The first-order chi connectivity index (χ1) is 17.3. The number of quaternary nitrogens is 1. The molecule has 15 heteroatoms. The summed E-state index contributed by atoms with van der Waals surface area (Å²) in [7, 11) is -2.38. The Morgan fingerprint density at radius 1 is 1.18 bits per heavy atom. The molecule has 7 unspecified atom stereocenters. The first-order valence-electron chi connectivity index (χ1n) is 12.1. The van der Waals surface area contributed by atoms with E-state index in [-0.39, 0.29) is 57.1 Å². The monoisotopic (exact) mass is 581 g/mol. The Labute approximate surface area is 227 Å². The molecule has 1 amide bonds. The van der Waals surface area contributed by atoms with Gasteiger partial charge in [0.25, 0.3) is 5.91 Å². The minimum absolute atomic E-state index is 0. The maximum absolute atomic E-state index is 13.2.